The Hall–Kier alpha value is -2.96. The van der Waals surface area contributed by atoms with Gasteiger partial charge in [-0.3, -0.25) is 0 Å². The van der Waals surface area contributed by atoms with Crippen LogP contribution in [-0.4, -0.2) is 17.7 Å². The second kappa shape index (κ2) is 10.4. The molecule has 0 saturated carbocycles. The van der Waals surface area contributed by atoms with E-state index in [4.69, 9.17) is 32.7 Å². The number of benzene rings is 3. The Bertz CT molecular complexity index is 1090. The fourth-order valence-corrected chi connectivity index (χ4v) is 3.38. The Morgan fingerprint density at radius 3 is 2.55 bits per heavy atom. The molecule has 0 bridgehead atoms. The van der Waals surface area contributed by atoms with Crippen LogP contribution in [0.5, 0.6) is 11.5 Å². The predicted molar refractivity (Wildman–Crippen MR) is 119 cm³/mol. The van der Waals surface area contributed by atoms with Gasteiger partial charge in [0.1, 0.15) is 12.4 Å². The molecule has 2 N–H and O–H groups in total. The zero-order chi connectivity index (χ0) is 22.4. The number of rotatable bonds is 9. The van der Waals surface area contributed by atoms with Gasteiger partial charge in [-0.1, -0.05) is 41.4 Å². The zero-order valence-corrected chi connectivity index (χ0v) is 18.1. The summed E-state index contributed by atoms with van der Waals surface area (Å²) in [6, 6.07) is 14.5. The summed E-state index contributed by atoms with van der Waals surface area (Å²) in [5.41, 5.74) is 1.80. The Labute approximate surface area is 189 Å². The van der Waals surface area contributed by atoms with Gasteiger partial charge < -0.3 is 19.9 Å². The van der Waals surface area contributed by atoms with Gasteiger partial charge in [-0.05, 0) is 48.9 Å². The summed E-state index contributed by atoms with van der Waals surface area (Å²) in [5, 5.41) is 12.8. The highest BCUT2D eigenvalue weighted by atomic mass is 35.5. The second-order valence-corrected chi connectivity index (χ2v) is 7.39. The van der Waals surface area contributed by atoms with Crippen molar-refractivity contribution < 1.29 is 23.8 Å². The molecule has 0 amide bonds. The molecule has 31 heavy (non-hydrogen) atoms. The van der Waals surface area contributed by atoms with Crippen LogP contribution in [0.4, 0.5) is 10.1 Å². The molecule has 162 valence electrons. The molecule has 3 aromatic carbocycles. The van der Waals surface area contributed by atoms with E-state index in [-0.39, 0.29) is 23.0 Å². The van der Waals surface area contributed by atoms with Crippen molar-refractivity contribution in [1.82, 2.24) is 0 Å². The average molecular weight is 464 g/mol. The molecule has 8 heteroatoms. The lowest BCUT2D eigenvalue weighted by molar-refractivity contribution is 0.0697. The van der Waals surface area contributed by atoms with E-state index in [1.165, 1.54) is 18.2 Å². The Morgan fingerprint density at radius 1 is 1.06 bits per heavy atom. The molecule has 0 aliphatic carbocycles. The number of nitrogens with one attached hydrogen (secondary N) is 1. The van der Waals surface area contributed by atoms with Gasteiger partial charge in [-0.15, -0.1) is 0 Å². The fourth-order valence-electron chi connectivity index (χ4n) is 2.90. The maximum absolute atomic E-state index is 13.9. The molecule has 0 aliphatic heterocycles. The van der Waals surface area contributed by atoms with Crippen molar-refractivity contribution in [2.45, 2.75) is 20.1 Å². The topological polar surface area (TPSA) is 67.8 Å². The fraction of sp³-hybridized carbons (Fsp3) is 0.174. The van der Waals surface area contributed by atoms with Crippen LogP contribution in [0, 0.1) is 5.82 Å². The average Bonchev–Trinajstić information content (AvgIpc) is 2.73. The van der Waals surface area contributed by atoms with E-state index in [1.54, 1.807) is 36.4 Å². The minimum Gasteiger partial charge on any atom is -0.490 e. The summed E-state index contributed by atoms with van der Waals surface area (Å²) in [6.07, 6.45) is 0. The van der Waals surface area contributed by atoms with Crippen molar-refractivity contribution in [2.24, 2.45) is 0 Å². The van der Waals surface area contributed by atoms with E-state index in [1.807, 2.05) is 6.92 Å². The molecule has 0 radical (unpaired) electrons. The van der Waals surface area contributed by atoms with E-state index in [2.05, 4.69) is 5.32 Å². The van der Waals surface area contributed by atoms with Crippen LogP contribution in [0.2, 0.25) is 10.0 Å². The molecule has 0 heterocycles. The molecular weight excluding hydrogens is 444 g/mol. The Balaban J connectivity index is 1.77. The highest BCUT2D eigenvalue weighted by Crippen LogP contribution is 2.37. The van der Waals surface area contributed by atoms with Gasteiger partial charge in [0.15, 0.2) is 11.5 Å². The molecule has 0 spiro atoms. The minimum absolute atomic E-state index is 0.00675. The van der Waals surface area contributed by atoms with Gasteiger partial charge in [0.05, 0.1) is 22.2 Å². The monoisotopic (exact) mass is 463 g/mol. The Kier molecular flexibility index (Phi) is 7.60. The number of aromatic carboxylic acids is 1. The van der Waals surface area contributed by atoms with Crippen molar-refractivity contribution in [2.75, 3.05) is 11.9 Å². The summed E-state index contributed by atoms with van der Waals surface area (Å²) in [5.74, 6) is -0.701. The summed E-state index contributed by atoms with van der Waals surface area (Å²) < 4.78 is 25.3. The quantitative estimate of drug-likeness (QED) is 0.383. The van der Waals surface area contributed by atoms with Crippen molar-refractivity contribution in [1.29, 1.82) is 0 Å². The van der Waals surface area contributed by atoms with Crippen LogP contribution in [0.15, 0.2) is 54.6 Å². The largest absolute Gasteiger partial charge is 0.490 e. The molecule has 0 atom stereocenters. The van der Waals surface area contributed by atoms with E-state index in [0.717, 1.165) is 5.56 Å². The molecule has 0 saturated heterocycles. The number of hydrogen-bond acceptors (Lipinski definition) is 4. The van der Waals surface area contributed by atoms with Gasteiger partial charge in [-0.2, -0.15) is 0 Å². The van der Waals surface area contributed by atoms with Crippen molar-refractivity contribution in [3.63, 3.8) is 0 Å². The first-order valence-electron chi connectivity index (χ1n) is 9.47. The molecule has 0 aliphatic rings. The van der Waals surface area contributed by atoms with Crippen LogP contribution in [0.25, 0.3) is 0 Å². The standard InChI is InChI=1S/C23H20Cl2FNO4/c1-2-30-21-10-14(12-27-16-7-8-18(24)17(11-16)23(28)29)9-19(25)22(21)31-13-15-5-3-4-6-20(15)26/h3-11,27H,2,12-13H2,1H3,(H,28,29). The number of carboxylic acids is 1. The lowest BCUT2D eigenvalue weighted by Crippen LogP contribution is -2.05. The minimum atomic E-state index is -1.10. The van der Waals surface area contributed by atoms with Gasteiger partial charge in [0, 0.05) is 17.8 Å². The van der Waals surface area contributed by atoms with Gasteiger partial charge in [0.2, 0.25) is 0 Å². The van der Waals surface area contributed by atoms with Crippen LogP contribution in [-0.2, 0) is 13.2 Å². The zero-order valence-electron chi connectivity index (χ0n) is 16.6. The van der Waals surface area contributed by atoms with Gasteiger partial charge in [0.25, 0.3) is 0 Å². The van der Waals surface area contributed by atoms with Crippen LogP contribution < -0.4 is 14.8 Å². The summed E-state index contributed by atoms with van der Waals surface area (Å²) in [6.45, 7) is 2.59. The van der Waals surface area contributed by atoms with E-state index >= 15 is 0 Å². The molecule has 0 aromatic heterocycles. The number of ether oxygens (including phenoxy) is 2. The first-order chi connectivity index (χ1) is 14.9. The molecule has 5 nitrogen and oxygen atoms in total. The van der Waals surface area contributed by atoms with Crippen LogP contribution in [0.1, 0.15) is 28.4 Å². The number of carbonyl (C=O) groups is 1. The maximum atomic E-state index is 13.9. The van der Waals surface area contributed by atoms with Gasteiger partial charge in [-0.25, -0.2) is 9.18 Å². The third-order valence-corrected chi connectivity index (χ3v) is 5.00. The molecule has 0 unspecified atom stereocenters. The normalized spacial score (nSPS) is 10.6. The number of anilines is 1. The highest BCUT2D eigenvalue weighted by Gasteiger charge is 2.15. The summed E-state index contributed by atoms with van der Waals surface area (Å²) >= 11 is 12.3. The van der Waals surface area contributed by atoms with Crippen molar-refractivity contribution in [3.8, 4) is 11.5 Å². The molecule has 3 aromatic rings. The van der Waals surface area contributed by atoms with Gasteiger partial charge >= 0.3 is 5.97 Å². The summed E-state index contributed by atoms with van der Waals surface area (Å²) in [4.78, 5) is 11.2. The summed E-state index contributed by atoms with van der Waals surface area (Å²) in [7, 11) is 0. The first-order valence-corrected chi connectivity index (χ1v) is 10.2. The maximum Gasteiger partial charge on any atom is 0.337 e. The predicted octanol–water partition coefficient (Wildman–Crippen LogP) is 6.42. The highest BCUT2D eigenvalue weighted by molar-refractivity contribution is 6.33. The van der Waals surface area contributed by atoms with Crippen molar-refractivity contribution in [3.05, 3.63) is 87.2 Å². The molecule has 3 rings (SSSR count). The van der Waals surface area contributed by atoms with Crippen molar-refractivity contribution >= 4 is 34.9 Å². The lowest BCUT2D eigenvalue weighted by atomic mass is 10.1. The van der Waals surface area contributed by atoms with E-state index in [9.17, 15) is 14.3 Å². The van der Waals surface area contributed by atoms with E-state index in [0.29, 0.717) is 40.9 Å². The second-order valence-electron chi connectivity index (χ2n) is 6.57. The van der Waals surface area contributed by atoms with Crippen LogP contribution in [0.3, 0.4) is 0 Å². The number of carboxylic acid groups (broad SMARTS) is 1. The lowest BCUT2D eigenvalue weighted by Gasteiger charge is -2.16. The smallest absolute Gasteiger partial charge is 0.337 e. The SMILES string of the molecule is CCOc1cc(CNc2ccc(Cl)c(C(=O)O)c2)cc(Cl)c1OCc1ccccc1F. The molecule has 0 fully saturated rings. The molecular formula is C23H20Cl2FNO4. The number of hydrogen-bond donors (Lipinski definition) is 2. The third-order valence-electron chi connectivity index (χ3n) is 4.39. The van der Waals surface area contributed by atoms with Crippen LogP contribution >= 0.6 is 23.2 Å². The number of halogens is 3. The van der Waals surface area contributed by atoms with E-state index < -0.39 is 5.97 Å². The third kappa shape index (κ3) is 5.81. The first kappa shape index (κ1) is 22.7. The Morgan fingerprint density at radius 2 is 1.84 bits per heavy atom.